The van der Waals surface area contributed by atoms with Crippen molar-refractivity contribution in [2.24, 2.45) is 20.4 Å². The van der Waals surface area contributed by atoms with E-state index < -0.39 is 11.9 Å². The zero-order chi connectivity index (χ0) is 19.5. The van der Waals surface area contributed by atoms with Gasteiger partial charge in [-0.2, -0.15) is 0 Å². The number of hydrogen-bond acceptors (Lipinski definition) is 5. The van der Waals surface area contributed by atoms with Crippen molar-refractivity contribution in [2.75, 3.05) is 0 Å². The van der Waals surface area contributed by atoms with Crippen molar-refractivity contribution in [3.63, 3.8) is 0 Å². The summed E-state index contributed by atoms with van der Waals surface area (Å²) in [7, 11) is 0. The second kappa shape index (κ2) is 12.1. The van der Waals surface area contributed by atoms with E-state index in [1.165, 1.54) is 0 Å². The Kier molecular flexibility index (Phi) is 9.76. The Morgan fingerprint density at radius 2 is 1.82 bits per heavy atom. The zero-order valence-corrected chi connectivity index (χ0v) is 15.6. The first-order chi connectivity index (χ1) is 13.1. The van der Waals surface area contributed by atoms with Crippen molar-refractivity contribution in [1.82, 2.24) is 4.57 Å². The number of pyridine rings is 2. The summed E-state index contributed by atoms with van der Waals surface area (Å²) < 4.78 is 3.33. The summed E-state index contributed by atoms with van der Waals surface area (Å²) >= 11 is 0. The van der Waals surface area contributed by atoms with E-state index in [1.807, 2.05) is 0 Å². The summed E-state index contributed by atoms with van der Waals surface area (Å²) in [4.78, 5) is 21.4. The molecule has 2 N–H and O–H groups in total. The van der Waals surface area contributed by atoms with Gasteiger partial charge in [0.15, 0.2) is 11.8 Å². The van der Waals surface area contributed by atoms with Gasteiger partial charge in [-0.15, -0.1) is 10.2 Å². The van der Waals surface area contributed by atoms with Crippen molar-refractivity contribution in [1.29, 1.82) is 0 Å². The van der Waals surface area contributed by atoms with E-state index >= 15 is 0 Å². The molecular formula is C17H19ClN6O4. The van der Waals surface area contributed by atoms with Crippen molar-refractivity contribution in [3.05, 3.63) is 54.3 Å². The third kappa shape index (κ3) is 7.87. The molecule has 0 saturated carbocycles. The molecule has 0 aromatic carbocycles. The van der Waals surface area contributed by atoms with Crippen LogP contribution in [-0.2, 0) is 22.7 Å². The molecule has 0 aliphatic rings. The molecular weight excluding hydrogens is 388 g/mol. The summed E-state index contributed by atoms with van der Waals surface area (Å²) in [6.45, 7) is 0.555. The fraction of sp³-hybridized carbons (Fsp3) is 0.235. The number of carboxylic acid groups (broad SMARTS) is 2. The Bertz CT molecular complexity index is 926. The second-order valence-corrected chi connectivity index (χ2v) is 5.34. The van der Waals surface area contributed by atoms with Crippen molar-refractivity contribution in [3.8, 4) is 0 Å². The number of halogens is 1. The maximum absolute atomic E-state index is 10.7. The SMILES string of the molecule is O=C(O)CCn1ccccc1=NN=CN=Nc1cccc[n+]1CCC(=O)O.[Cl-]. The van der Waals surface area contributed by atoms with Gasteiger partial charge in [-0.25, -0.2) is 4.57 Å². The molecule has 0 radical (unpaired) electrons. The third-order valence-electron chi connectivity index (χ3n) is 3.39. The van der Waals surface area contributed by atoms with E-state index in [-0.39, 0.29) is 38.3 Å². The molecule has 2 rings (SSSR count). The maximum atomic E-state index is 10.7. The van der Waals surface area contributed by atoms with Crippen LogP contribution in [0.25, 0.3) is 0 Å². The molecule has 0 unspecified atom stereocenters. The average Bonchev–Trinajstić information content (AvgIpc) is 2.66. The highest BCUT2D eigenvalue weighted by atomic mass is 35.5. The lowest BCUT2D eigenvalue weighted by Gasteiger charge is -2.03. The Balaban J connectivity index is 0.00000392. The zero-order valence-electron chi connectivity index (χ0n) is 14.8. The minimum Gasteiger partial charge on any atom is -1.00 e. The predicted molar refractivity (Wildman–Crippen MR) is 94.1 cm³/mol. The standard InChI is InChI=1S/C17H18N6O4.ClH/c24-16(25)7-11-22-9-3-1-5-14(22)20-18-13-19-21-15-6-2-4-10-23(15)12-8-17(26)27;/h1-6,9-10,13H,7-8,11-12H2,(H-,24,25,26,27);1H. The van der Waals surface area contributed by atoms with Crippen LogP contribution in [0.3, 0.4) is 0 Å². The van der Waals surface area contributed by atoms with Gasteiger partial charge in [-0.1, -0.05) is 12.1 Å². The number of azo groups is 1. The number of aromatic nitrogens is 2. The molecule has 0 aliphatic carbocycles. The minimum atomic E-state index is -0.895. The lowest BCUT2D eigenvalue weighted by molar-refractivity contribution is -0.683. The van der Waals surface area contributed by atoms with Gasteiger partial charge in [0.05, 0.1) is 24.2 Å². The van der Waals surface area contributed by atoms with Crippen molar-refractivity contribution < 1.29 is 36.8 Å². The van der Waals surface area contributed by atoms with E-state index in [9.17, 15) is 9.59 Å². The fourth-order valence-corrected chi connectivity index (χ4v) is 2.12. The van der Waals surface area contributed by atoms with Crippen LogP contribution < -0.4 is 22.5 Å². The quantitative estimate of drug-likeness (QED) is 0.170. The van der Waals surface area contributed by atoms with E-state index in [2.05, 4.69) is 20.4 Å². The second-order valence-electron chi connectivity index (χ2n) is 5.34. The molecule has 0 saturated heterocycles. The molecule has 28 heavy (non-hydrogen) atoms. The van der Waals surface area contributed by atoms with Crippen molar-refractivity contribution in [2.45, 2.75) is 25.9 Å². The molecule has 0 fully saturated rings. The van der Waals surface area contributed by atoms with Crippen LogP contribution in [0.15, 0.2) is 69.2 Å². The Hall–Kier alpha value is -3.40. The average molecular weight is 407 g/mol. The highest BCUT2D eigenvalue weighted by Gasteiger charge is 2.09. The molecule has 0 atom stereocenters. The van der Waals surface area contributed by atoms with Gasteiger partial charge in [0.25, 0.3) is 0 Å². The van der Waals surface area contributed by atoms with Crippen LogP contribution in [0.1, 0.15) is 12.8 Å². The molecule has 0 spiro atoms. The molecule has 0 amide bonds. The molecule has 148 valence electrons. The first-order valence-corrected chi connectivity index (χ1v) is 8.10. The number of aryl methyl sites for hydroxylation is 2. The lowest BCUT2D eigenvalue weighted by Crippen LogP contribution is -3.00. The first kappa shape index (κ1) is 22.6. The van der Waals surface area contributed by atoms with Crippen LogP contribution in [0.4, 0.5) is 5.82 Å². The fourth-order valence-electron chi connectivity index (χ4n) is 2.12. The molecule has 0 aliphatic heterocycles. The van der Waals surface area contributed by atoms with Gasteiger partial charge in [0.1, 0.15) is 6.54 Å². The Morgan fingerprint density at radius 1 is 1.07 bits per heavy atom. The lowest BCUT2D eigenvalue weighted by atomic mass is 10.4. The summed E-state index contributed by atoms with van der Waals surface area (Å²) in [5, 5.41) is 33.2. The predicted octanol–water partition coefficient (Wildman–Crippen LogP) is -1.64. The van der Waals surface area contributed by atoms with Gasteiger partial charge < -0.3 is 27.2 Å². The number of nitrogens with zero attached hydrogens (tertiary/aromatic N) is 6. The number of carboxylic acids is 2. The third-order valence-corrected chi connectivity index (χ3v) is 3.39. The van der Waals surface area contributed by atoms with Crippen LogP contribution in [0.5, 0.6) is 0 Å². The Labute approximate surface area is 166 Å². The highest BCUT2D eigenvalue weighted by molar-refractivity contribution is 5.66. The largest absolute Gasteiger partial charge is 1.00 e. The van der Waals surface area contributed by atoms with Crippen molar-refractivity contribution >= 4 is 24.1 Å². The van der Waals surface area contributed by atoms with E-state index in [0.29, 0.717) is 11.3 Å². The molecule has 11 heteroatoms. The van der Waals surface area contributed by atoms with E-state index in [1.54, 1.807) is 57.9 Å². The normalized spacial score (nSPS) is 11.6. The van der Waals surface area contributed by atoms with Crippen LogP contribution in [0.2, 0.25) is 0 Å². The van der Waals surface area contributed by atoms with Crippen LogP contribution in [0, 0.1) is 0 Å². The van der Waals surface area contributed by atoms with Gasteiger partial charge in [-0.3, -0.25) is 9.59 Å². The molecule has 2 heterocycles. The monoisotopic (exact) mass is 406 g/mol. The molecule has 0 bridgehead atoms. The molecule has 10 nitrogen and oxygen atoms in total. The van der Waals surface area contributed by atoms with E-state index in [4.69, 9.17) is 10.2 Å². The summed E-state index contributed by atoms with van der Waals surface area (Å²) in [5.41, 5.74) is 0.487. The number of rotatable bonds is 9. The van der Waals surface area contributed by atoms with Crippen LogP contribution >= 0.6 is 0 Å². The van der Waals surface area contributed by atoms with Gasteiger partial charge in [0.2, 0.25) is 0 Å². The summed E-state index contributed by atoms with van der Waals surface area (Å²) in [6.07, 6.45) is 4.54. The smallest absolute Gasteiger partial charge is 0.350 e. The molecule has 2 aromatic rings. The van der Waals surface area contributed by atoms with Gasteiger partial charge in [-0.05, 0) is 23.3 Å². The van der Waals surface area contributed by atoms with Gasteiger partial charge in [0, 0.05) is 18.8 Å². The first-order valence-electron chi connectivity index (χ1n) is 8.10. The molecule has 2 aromatic heterocycles. The van der Waals surface area contributed by atoms with Gasteiger partial charge >= 0.3 is 17.8 Å². The Morgan fingerprint density at radius 3 is 2.57 bits per heavy atom. The number of aliphatic carboxylic acids is 2. The van der Waals surface area contributed by atoms with E-state index in [0.717, 1.165) is 6.34 Å². The summed E-state index contributed by atoms with van der Waals surface area (Å²) in [6, 6.07) is 10.5. The minimum absolute atomic E-state index is 0. The number of hydrogen-bond donors (Lipinski definition) is 2. The number of carbonyl (C=O) groups is 2. The topological polar surface area (TPSA) is 133 Å². The highest BCUT2D eigenvalue weighted by Crippen LogP contribution is 2.04. The summed E-state index contributed by atoms with van der Waals surface area (Å²) in [5.74, 6) is -1.30. The van der Waals surface area contributed by atoms with Crippen LogP contribution in [-0.4, -0.2) is 33.1 Å². The maximum Gasteiger partial charge on any atom is 0.350 e.